The van der Waals surface area contributed by atoms with Crippen LogP contribution in [0.3, 0.4) is 0 Å². The van der Waals surface area contributed by atoms with Gasteiger partial charge in [0.2, 0.25) is 0 Å². The molecule has 1 aliphatic rings. The van der Waals surface area contributed by atoms with Crippen molar-refractivity contribution in [3.8, 4) is 5.75 Å². The Bertz CT molecular complexity index is 786. The summed E-state index contributed by atoms with van der Waals surface area (Å²) in [7, 11) is 0. The molecule has 3 nitrogen and oxygen atoms in total. The van der Waals surface area contributed by atoms with E-state index in [1.54, 1.807) is 0 Å². The molecular weight excluding hydrogens is 296 g/mol. The van der Waals surface area contributed by atoms with Crippen molar-refractivity contribution in [1.82, 2.24) is 10.2 Å². The van der Waals surface area contributed by atoms with E-state index in [1.807, 2.05) is 18.2 Å². The van der Waals surface area contributed by atoms with Crippen molar-refractivity contribution in [2.45, 2.75) is 51.0 Å². The predicted molar refractivity (Wildman–Crippen MR) is 97.3 cm³/mol. The molecule has 1 saturated carbocycles. The number of hydrogen-bond acceptors (Lipinski definition) is 2. The summed E-state index contributed by atoms with van der Waals surface area (Å²) < 4.78 is 5.92. The van der Waals surface area contributed by atoms with Crippen molar-refractivity contribution in [3.05, 3.63) is 59.8 Å². The minimum atomic E-state index is 0.590. The smallest absolute Gasteiger partial charge is 0.122 e. The molecule has 1 aromatic heterocycles. The number of H-pyrrole nitrogens is 1. The van der Waals surface area contributed by atoms with Crippen LogP contribution >= 0.6 is 0 Å². The molecule has 124 valence electrons. The van der Waals surface area contributed by atoms with Crippen LogP contribution in [0.5, 0.6) is 5.75 Å². The number of rotatable bonds is 4. The highest BCUT2D eigenvalue weighted by atomic mass is 16.5. The molecule has 0 atom stereocenters. The number of nitrogens with one attached hydrogen (secondary N) is 1. The molecule has 0 radical (unpaired) electrons. The number of aromatic amines is 1. The van der Waals surface area contributed by atoms with E-state index in [-0.39, 0.29) is 0 Å². The summed E-state index contributed by atoms with van der Waals surface area (Å²) in [4.78, 5) is 0. The fourth-order valence-electron chi connectivity index (χ4n) is 3.72. The third kappa shape index (κ3) is 3.30. The lowest BCUT2D eigenvalue weighted by atomic mass is 9.94. The van der Waals surface area contributed by atoms with E-state index in [1.165, 1.54) is 55.2 Å². The van der Waals surface area contributed by atoms with Crippen molar-refractivity contribution in [3.63, 3.8) is 0 Å². The highest BCUT2D eigenvalue weighted by Crippen LogP contribution is 2.35. The lowest BCUT2D eigenvalue weighted by Gasteiger charge is -2.12. The molecule has 1 aliphatic carbocycles. The fraction of sp³-hybridized carbons (Fsp3) is 0.381. The molecule has 0 unspecified atom stereocenters. The van der Waals surface area contributed by atoms with Gasteiger partial charge in [0, 0.05) is 23.1 Å². The minimum Gasteiger partial charge on any atom is -0.489 e. The second kappa shape index (κ2) is 7.08. The standard InChI is InChI=1S/C21H24N2O/c1-2-7-11-17(10-6-1)21-19-13-12-18(14-20(19)22-23-21)24-15-16-8-4-3-5-9-16/h3-5,8-9,12-14,17H,1-2,6-7,10-11,15H2,(H,22,23). The van der Waals surface area contributed by atoms with E-state index in [0.717, 1.165) is 11.3 Å². The number of nitrogens with zero attached hydrogens (tertiary/aromatic N) is 1. The second-order valence-corrected chi connectivity index (χ2v) is 6.78. The predicted octanol–water partition coefficient (Wildman–Crippen LogP) is 5.58. The van der Waals surface area contributed by atoms with Gasteiger partial charge in [-0.05, 0) is 30.5 Å². The van der Waals surface area contributed by atoms with Crippen LogP contribution in [-0.2, 0) is 6.61 Å². The van der Waals surface area contributed by atoms with Crippen molar-refractivity contribution >= 4 is 10.9 Å². The van der Waals surface area contributed by atoms with Gasteiger partial charge in [0.15, 0.2) is 0 Å². The van der Waals surface area contributed by atoms with E-state index in [2.05, 4.69) is 40.5 Å². The maximum absolute atomic E-state index is 5.92. The third-order valence-electron chi connectivity index (χ3n) is 5.07. The SMILES string of the molecule is c1ccc(COc2ccc3c(C4CCCCCC4)[nH]nc3c2)cc1. The van der Waals surface area contributed by atoms with E-state index in [4.69, 9.17) is 4.74 Å². The first-order valence-electron chi connectivity index (χ1n) is 9.05. The molecule has 1 N–H and O–H groups in total. The molecule has 0 aliphatic heterocycles. The Labute approximate surface area is 143 Å². The van der Waals surface area contributed by atoms with Crippen LogP contribution in [0.25, 0.3) is 10.9 Å². The summed E-state index contributed by atoms with van der Waals surface area (Å²) in [6.45, 7) is 0.590. The van der Waals surface area contributed by atoms with Crippen molar-refractivity contribution in [2.75, 3.05) is 0 Å². The average molecular weight is 320 g/mol. The van der Waals surface area contributed by atoms with Gasteiger partial charge in [-0.3, -0.25) is 5.10 Å². The van der Waals surface area contributed by atoms with Gasteiger partial charge in [-0.15, -0.1) is 0 Å². The van der Waals surface area contributed by atoms with E-state index in [9.17, 15) is 0 Å². The molecule has 2 aromatic carbocycles. The zero-order valence-electron chi connectivity index (χ0n) is 14.0. The molecule has 0 bridgehead atoms. The van der Waals surface area contributed by atoms with Gasteiger partial charge in [0.1, 0.15) is 12.4 Å². The summed E-state index contributed by atoms with van der Waals surface area (Å²) in [5.41, 5.74) is 3.51. The van der Waals surface area contributed by atoms with Crippen LogP contribution in [-0.4, -0.2) is 10.2 Å². The van der Waals surface area contributed by atoms with Crippen molar-refractivity contribution < 1.29 is 4.74 Å². The third-order valence-corrected chi connectivity index (χ3v) is 5.07. The zero-order chi connectivity index (χ0) is 16.2. The van der Waals surface area contributed by atoms with Crippen LogP contribution in [0.2, 0.25) is 0 Å². The summed E-state index contributed by atoms with van der Waals surface area (Å²) in [6.07, 6.45) is 7.99. The first-order valence-corrected chi connectivity index (χ1v) is 9.05. The molecule has 3 heteroatoms. The highest BCUT2D eigenvalue weighted by Gasteiger charge is 2.19. The molecule has 0 amide bonds. The Morgan fingerprint density at radius 3 is 2.54 bits per heavy atom. The number of fused-ring (bicyclic) bond motifs is 1. The Kier molecular flexibility index (Phi) is 4.50. The fourth-order valence-corrected chi connectivity index (χ4v) is 3.72. The van der Waals surface area contributed by atoms with E-state index in [0.29, 0.717) is 12.5 Å². The maximum Gasteiger partial charge on any atom is 0.122 e. The van der Waals surface area contributed by atoms with Crippen molar-refractivity contribution in [2.24, 2.45) is 0 Å². The lowest BCUT2D eigenvalue weighted by molar-refractivity contribution is 0.306. The Balaban J connectivity index is 1.52. The molecule has 4 rings (SSSR count). The topological polar surface area (TPSA) is 37.9 Å². The molecule has 24 heavy (non-hydrogen) atoms. The molecule has 0 spiro atoms. The van der Waals surface area contributed by atoms with Gasteiger partial charge < -0.3 is 4.74 Å². The lowest BCUT2D eigenvalue weighted by Crippen LogP contribution is -1.98. The molecular formula is C21H24N2O. The largest absolute Gasteiger partial charge is 0.489 e. The van der Waals surface area contributed by atoms with Gasteiger partial charge in [0.05, 0.1) is 5.52 Å². The molecule has 1 fully saturated rings. The molecule has 1 heterocycles. The van der Waals surface area contributed by atoms with E-state index < -0.39 is 0 Å². The first-order chi connectivity index (χ1) is 11.9. The zero-order valence-corrected chi connectivity index (χ0v) is 14.0. The Morgan fingerprint density at radius 2 is 1.75 bits per heavy atom. The molecule has 0 saturated heterocycles. The van der Waals surface area contributed by atoms with Crippen molar-refractivity contribution in [1.29, 1.82) is 0 Å². The summed E-state index contributed by atoms with van der Waals surface area (Å²) >= 11 is 0. The van der Waals surface area contributed by atoms with Crippen LogP contribution < -0.4 is 4.74 Å². The number of hydrogen-bond donors (Lipinski definition) is 1. The quantitative estimate of drug-likeness (QED) is 0.637. The minimum absolute atomic E-state index is 0.590. The maximum atomic E-state index is 5.92. The number of benzene rings is 2. The average Bonchev–Trinajstić information content (AvgIpc) is 2.86. The monoisotopic (exact) mass is 320 g/mol. The summed E-state index contributed by atoms with van der Waals surface area (Å²) in [6, 6.07) is 16.5. The van der Waals surface area contributed by atoms with Gasteiger partial charge in [-0.25, -0.2) is 0 Å². The summed E-state index contributed by atoms with van der Waals surface area (Å²) in [5, 5.41) is 9.10. The van der Waals surface area contributed by atoms with Gasteiger partial charge in [-0.2, -0.15) is 5.10 Å². The number of ether oxygens (including phenoxy) is 1. The van der Waals surface area contributed by atoms with Gasteiger partial charge in [0.25, 0.3) is 0 Å². The first kappa shape index (κ1) is 15.3. The van der Waals surface area contributed by atoms with Crippen LogP contribution in [0.15, 0.2) is 48.5 Å². The number of aromatic nitrogens is 2. The van der Waals surface area contributed by atoms with Crippen LogP contribution in [0.4, 0.5) is 0 Å². The van der Waals surface area contributed by atoms with Gasteiger partial charge >= 0.3 is 0 Å². The van der Waals surface area contributed by atoms with Crippen LogP contribution in [0, 0.1) is 0 Å². The second-order valence-electron chi connectivity index (χ2n) is 6.78. The van der Waals surface area contributed by atoms with Crippen LogP contribution in [0.1, 0.15) is 55.7 Å². The normalized spacial score (nSPS) is 16.2. The highest BCUT2D eigenvalue weighted by molar-refractivity contribution is 5.83. The van der Waals surface area contributed by atoms with E-state index >= 15 is 0 Å². The Morgan fingerprint density at radius 1 is 0.958 bits per heavy atom. The Hall–Kier alpha value is -2.29. The summed E-state index contributed by atoms with van der Waals surface area (Å²) in [5.74, 6) is 1.51. The molecule has 3 aromatic rings. The van der Waals surface area contributed by atoms with Gasteiger partial charge in [-0.1, -0.05) is 56.0 Å².